The van der Waals surface area contributed by atoms with Crippen LogP contribution in [0, 0.1) is 11.8 Å². The largest absolute Gasteiger partial charge is 0.497 e. The van der Waals surface area contributed by atoms with E-state index in [0.29, 0.717) is 29.5 Å². The van der Waals surface area contributed by atoms with Crippen LogP contribution < -0.4 is 10.1 Å². The molecule has 3 rings (SSSR count). The molecule has 0 saturated carbocycles. The second kappa shape index (κ2) is 9.94. The zero-order chi connectivity index (χ0) is 21.7. The Morgan fingerprint density at radius 1 is 1.27 bits per heavy atom. The first-order chi connectivity index (χ1) is 14.3. The molecule has 0 bridgehead atoms. The maximum Gasteiger partial charge on any atom is 0.252 e. The van der Waals surface area contributed by atoms with Gasteiger partial charge in [0.1, 0.15) is 9.96 Å². The number of nitrogens with zero attached hydrogens (tertiary/aromatic N) is 1. The highest BCUT2D eigenvalue weighted by molar-refractivity contribution is 7.91. The second-order valence-electron chi connectivity index (χ2n) is 8.10. The molecule has 164 valence electrons. The lowest BCUT2D eigenvalue weighted by molar-refractivity contribution is -0.127. The lowest BCUT2D eigenvalue weighted by Gasteiger charge is -2.32. The summed E-state index contributed by atoms with van der Waals surface area (Å²) >= 11 is 1.21. The Morgan fingerprint density at radius 3 is 2.60 bits per heavy atom. The van der Waals surface area contributed by atoms with Crippen LogP contribution in [0.15, 0.2) is 46.0 Å². The molecule has 2 aromatic rings. The van der Waals surface area contributed by atoms with Crippen molar-refractivity contribution in [3.63, 3.8) is 0 Å². The van der Waals surface area contributed by atoms with Crippen molar-refractivity contribution in [2.24, 2.45) is 11.8 Å². The topological polar surface area (TPSA) is 75.7 Å². The third-order valence-corrected chi connectivity index (χ3v) is 8.62. The Hall–Kier alpha value is -1.90. The second-order valence-corrected chi connectivity index (χ2v) is 11.2. The van der Waals surface area contributed by atoms with Gasteiger partial charge in [0.05, 0.1) is 19.1 Å². The Balaban J connectivity index is 1.71. The Kier molecular flexibility index (Phi) is 7.55. The zero-order valence-electron chi connectivity index (χ0n) is 17.7. The van der Waals surface area contributed by atoms with Gasteiger partial charge >= 0.3 is 0 Å². The molecule has 2 heterocycles. The Morgan fingerprint density at radius 2 is 2.00 bits per heavy atom. The smallest absolute Gasteiger partial charge is 0.252 e. The van der Waals surface area contributed by atoms with Crippen molar-refractivity contribution >= 4 is 27.3 Å². The van der Waals surface area contributed by atoms with Gasteiger partial charge < -0.3 is 10.1 Å². The molecule has 0 spiro atoms. The Labute approximate surface area is 183 Å². The third-order valence-electron chi connectivity index (χ3n) is 5.39. The SMILES string of the molecule is COc1ccc([C@H](CC(C)C)NC(=O)[C@@H]2CCCN(S(=O)(=O)c3cccs3)C2)cc1. The van der Waals surface area contributed by atoms with Crippen molar-refractivity contribution in [3.8, 4) is 5.75 Å². The zero-order valence-corrected chi connectivity index (χ0v) is 19.3. The van der Waals surface area contributed by atoms with Crippen LogP contribution >= 0.6 is 11.3 Å². The minimum atomic E-state index is -3.53. The van der Waals surface area contributed by atoms with Crippen LogP contribution in [0.5, 0.6) is 5.75 Å². The summed E-state index contributed by atoms with van der Waals surface area (Å²) in [4.78, 5) is 13.1. The number of benzene rings is 1. The Bertz CT molecular complexity index is 925. The number of nitrogens with one attached hydrogen (secondary N) is 1. The molecule has 1 amide bonds. The molecule has 1 aliphatic heterocycles. The molecule has 30 heavy (non-hydrogen) atoms. The van der Waals surface area contributed by atoms with Crippen LogP contribution in [-0.2, 0) is 14.8 Å². The molecular weight excluding hydrogens is 420 g/mol. The van der Waals surface area contributed by atoms with Crippen molar-refractivity contribution in [1.29, 1.82) is 0 Å². The van der Waals surface area contributed by atoms with Crippen LogP contribution in [0.25, 0.3) is 0 Å². The van der Waals surface area contributed by atoms with Gasteiger partial charge in [-0.15, -0.1) is 11.3 Å². The molecule has 1 fully saturated rings. The maximum atomic E-state index is 13.1. The summed E-state index contributed by atoms with van der Waals surface area (Å²) in [7, 11) is -1.91. The maximum absolute atomic E-state index is 13.1. The molecule has 8 heteroatoms. The number of hydrogen-bond acceptors (Lipinski definition) is 5. The summed E-state index contributed by atoms with van der Waals surface area (Å²) in [6, 6.07) is 11.0. The monoisotopic (exact) mass is 450 g/mol. The number of ether oxygens (including phenoxy) is 1. The van der Waals surface area contributed by atoms with Gasteiger partial charge in [-0.25, -0.2) is 8.42 Å². The number of thiophene rings is 1. The van der Waals surface area contributed by atoms with E-state index in [0.717, 1.165) is 17.7 Å². The molecule has 6 nitrogen and oxygen atoms in total. The summed E-state index contributed by atoms with van der Waals surface area (Å²) in [5, 5.41) is 4.94. The number of methoxy groups -OCH3 is 1. The molecule has 0 aliphatic carbocycles. The number of amides is 1. The van der Waals surface area contributed by atoms with Crippen molar-refractivity contribution in [2.45, 2.75) is 43.4 Å². The highest BCUT2D eigenvalue weighted by Crippen LogP contribution is 2.28. The molecule has 1 saturated heterocycles. The highest BCUT2D eigenvalue weighted by atomic mass is 32.2. The summed E-state index contributed by atoms with van der Waals surface area (Å²) in [6.45, 7) is 4.93. The van der Waals surface area contributed by atoms with Crippen LogP contribution in [0.2, 0.25) is 0 Å². The number of piperidine rings is 1. The molecule has 2 atom stereocenters. The van der Waals surface area contributed by atoms with E-state index in [9.17, 15) is 13.2 Å². The molecule has 0 radical (unpaired) electrons. The van der Waals surface area contributed by atoms with Gasteiger partial charge in [0.2, 0.25) is 5.91 Å². The predicted octanol–water partition coefficient (Wildman–Crippen LogP) is 4.06. The quantitative estimate of drug-likeness (QED) is 0.658. The highest BCUT2D eigenvalue weighted by Gasteiger charge is 2.34. The normalized spacial score (nSPS) is 18.9. The van der Waals surface area contributed by atoms with Crippen LogP contribution in [-0.4, -0.2) is 38.8 Å². The first-order valence-electron chi connectivity index (χ1n) is 10.3. The summed E-state index contributed by atoms with van der Waals surface area (Å²) in [6.07, 6.45) is 2.18. The number of carbonyl (C=O) groups is 1. The van der Waals surface area contributed by atoms with E-state index in [2.05, 4.69) is 19.2 Å². The van der Waals surface area contributed by atoms with Crippen molar-refractivity contribution in [2.75, 3.05) is 20.2 Å². The van der Waals surface area contributed by atoms with Gasteiger partial charge in [0, 0.05) is 13.1 Å². The van der Waals surface area contributed by atoms with E-state index in [1.165, 1.54) is 15.6 Å². The predicted molar refractivity (Wildman–Crippen MR) is 119 cm³/mol. The summed E-state index contributed by atoms with van der Waals surface area (Å²) in [5.74, 6) is 0.749. The molecule has 1 N–H and O–H groups in total. The van der Waals surface area contributed by atoms with Gasteiger partial charge in [-0.3, -0.25) is 4.79 Å². The van der Waals surface area contributed by atoms with Crippen molar-refractivity contribution < 1.29 is 17.9 Å². The van der Waals surface area contributed by atoms with Gasteiger partial charge in [-0.05, 0) is 54.3 Å². The third kappa shape index (κ3) is 5.42. The first-order valence-corrected chi connectivity index (χ1v) is 12.6. The molecule has 1 aliphatic rings. The standard InChI is InChI=1S/C22H30N2O4S2/c1-16(2)14-20(17-8-10-19(28-3)11-9-17)23-22(25)18-6-4-12-24(15-18)30(26,27)21-7-5-13-29-21/h5,7-11,13,16,18,20H,4,6,12,14-15H2,1-3H3,(H,23,25)/t18-,20+/m1/s1. The number of sulfonamides is 1. The van der Waals surface area contributed by atoms with Gasteiger partial charge in [0.15, 0.2) is 0 Å². The van der Waals surface area contributed by atoms with E-state index in [1.807, 2.05) is 24.3 Å². The fourth-order valence-corrected chi connectivity index (χ4v) is 6.46. The fraction of sp³-hybridized carbons (Fsp3) is 0.500. The molecule has 1 aromatic carbocycles. The number of rotatable bonds is 8. The molecule has 1 aromatic heterocycles. The molecule has 0 unspecified atom stereocenters. The molecular formula is C22H30N2O4S2. The first kappa shape index (κ1) is 22.8. The van der Waals surface area contributed by atoms with E-state index in [4.69, 9.17) is 4.74 Å². The van der Waals surface area contributed by atoms with Gasteiger partial charge in [-0.2, -0.15) is 4.31 Å². The minimum absolute atomic E-state index is 0.0810. The average molecular weight is 451 g/mol. The number of carbonyl (C=O) groups excluding carboxylic acids is 1. The van der Waals surface area contributed by atoms with Gasteiger partial charge in [0.25, 0.3) is 10.0 Å². The van der Waals surface area contributed by atoms with E-state index in [-0.39, 0.29) is 24.4 Å². The van der Waals surface area contributed by atoms with Crippen LogP contribution in [0.3, 0.4) is 0 Å². The minimum Gasteiger partial charge on any atom is -0.497 e. The van der Waals surface area contributed by atoms with Crippen LogP contribution in [0.1, 0.15) is 44.7 Å². The summed E-state index contributed by atoms with van der Waals surface area (Å²) < 4.78 is 32.7. The lowest BCUT2D eigenvalue weighted by atomic mass is 9.94. The number of hydrogen-bond donors (Lipinski definition) is 1. The van der Waals surface area contributed by atoms with E-state index in [1.54, 1.807) is 24.6 Å². The van der Waals surface area contributed by atoms with Gasteiger partial charge in [-0.1, -0.05) is 32.0 Å². The summed E-state index contributed by atoms with van der Waals surface area (Å²) in [5.41, 5.74) is 1.02. The van der Waals surface area contributed by atoms with E-state index < -0.39 is 10.0 Å². The van der Waals surface area contributed by atoms with E-state index >= 15 is 0 Å². The van der Waals surface area contributed by atoms with Crippen molar-refractivity contribution in [1.82, 2.24) is 9.62 Å². The fourth-order valence-electron chi connectivity index (χ4n) is 3.79. The van der Waals surface area contributed by atoms with Crippen LogP contribution in [0.4, 0.5) is 0 Å². The van der Waals surface area contributed by atoms with Crippen molar-refractivity contribution in [3.05, 3.63) is 47.3 Å². The lowest BCUT2D eigenvalue weighted by Crippen LogP contribution is -2.46. The average Bonchev–Trinajstić information content (AvgIpc) is 3.29.